The van der Waals surface area contributed by atoms with Crippen molar-refractivity contribution in [2.75, 3.05) is 20.3 Å². The van der Waals surface area contributed by atoms with Gasteiger partial charge in [0.25, 0.3) is 5.91 Å². The van der Waals surface area contributed by atoms with Gasteiger partial charge in [0.15, 0.2) is 18.1 Å². The van der Waals surface area contributed by atoms with E-state index in [0.717, 1.165) is 5.56 Å². The fourth-order valence-corrected chi connectivity index (χ4v) is 2.37. The monoisotopic (exact) mass is 414 g/mol. The largest absolute Gasteiger partial charge is 0.493 e. The molecule has 0 heterocycles. The molecule has 2 rings (SSSR count). The van der Waals surface area contributed by atoms with Crippen LogP contribution in [0.2, 0.25) is 0 Å². The predicted molar refractivity (Wildman–Crippen MR) is 110 cm³/mol. The van der Waals surface area contributed by atoms with Crippen LogP contribution in [0.3, 0.4) is 0 Å². The molecule has 0 aliphatic rings. The van der Waals surface area contributed by atoms with Crippen molar-refractivity contribution in [1.82, 2.24) is 10.6 Å². The van der Waals surface area contributed by atoms with Crippen LogP contribution in [0.5, 0.6) is 11.5 Å². The molecule has 0 spiro atoms. The molecule has 0 saturated heterocycles. The first-order chi connectivity index (χ1) is 14.4. The minimum absolute atomic E-state index is 0.191. The normalized spacial score (nSPS) is 10.3. The fraction of sp³-hybridized carbons (Fsp3) is 0.318. The summed E-state index contributed by atoms with van der Waals surface area (Å²) in [6.45, 7) is 4.05. The number of benzene rings is 2. The Labute approximate surface area is 175 Å². The van der Waals surface area contributed by atoms with Crippen LogP contribution >= 0.6 is 0 Å². The summed E-state index contributed by atoms with van der Waals surface area (Å²) in [5.74, 6) is -0.367. The summed E-state index contributed by atoms with van der Waals surface area (Å²) in [4.78, 5) is 35.5. The standard InChI is InChI=1S/C22H26N2O6/c1-15(2)12-23-22(27)24-20(25)14-30-21(26)17-9-10-18(19(11-17)28-3)29-13-16-7-5-4-6-8-16/h4-11,15H,12-14H2,1-3H3,(H2,23,24,25,27). The van der Waals surface area contributed by atoms with Crippen LogP contribution in [-0.4, -0.2) is 38.2 Å². The number of ether oxygens (including phenoxy) is 3. The van der Waals surface area contributed by atoms with Crippen molar-refractivity contribution in [3.63, 3.8) is 0 Å². The second kappa shape index (κ2) is 11.5. The Morgan fingerprint density at radius 1 is 1.00 bits per heavy atom. The first-order valence-electron chi connectivity index (χ1n) is 9.48. The lowest BCUT2D eigenvalue weighted by molar-refractivity contribution is -0.123. The average Bonchev–Trinajstić information content (AvgIpc) is 2.75. The molecule has 0 fully saturated rings. The van der Waals surface area contributed by atoms with Crippen LogP contribution in [0.1, 0.15) is 29.8 Å². The SMILES string of the molecule is COc1cc(C(=O)OCC(=O)NC(=O)NCC(C)C)ccc1OCc1ccccc1. The zero-order chi connectivity index (χ0) is 21.9. The van der Waals surface area contributed by atoms with E-state index >= 15 is 0 Å². The first kappa shape index (κ1) is 22.7. The molecule has 160 valence electrons. The highest BCUT2D eigenvalue weighted by molar-refractivity contribution is 5.97. The molecular weight excluding hydrogens is 388 g/mol. The molecule has 3 amide bonds. The maximum absolute atomic E-state index is 12.2. The van der Waals surface area contributed by atoms with Gasteiger partial charge in [-0.1, -0.05) is 44.2 Å². The molecule has 8 heteroatoms. The minimum Gasteiger partial charge on any atom is -0.493 e. The molecule has 0 unspecified atom stereocenters. The number of hydrogen-bond donors (Lipinski definition) is 2. The summed E-state index contributed by atoms with van der Waals surface area (Å²) in [5.41, 5.74) is 1.18. The Balaban J connectivity index is 1.88. The summed E-state index contributed by atoms with van der Waals surface area (Å²) >= 11 is 0. The van der Waals surface area contributed by atoms with Crippen LogP contribution in [0.4, 0.5) is 4.79 Å². The number of esters is 1. The Hall–Kier alpha value is -3.55. The summed E-state index contributed by atoms with van der Waals surface area (Å²) in [7, 11) is 1.46. The summed E-state index contributed by atoms with van der Waals surface area (Å²) in [6.07, 6.45) is 0. The molecule has 30 heavy (non-hydrogen) atoms. The van der Waals surface area contributed by atoms with E-state index in [1.165, 1.54) is 19.2 Å². The van der Waals surface area contributed by atoms with Gasteiger partial charge in [-0.15, -0.1) is 0 Å². The third kappa shape index (κ3) is 7.46. The van der Waals surface area contributed by atoms with Gasteiger partial charge in [0.2, 0.25) is 0 Å². The van der Waals surface area contributed by atoms with E-state index in [9.17, 15) is 14.4 Å². The van der Waals surface area contributed by atoms with Gasteiger partial charge in [-0.05, 0) is 29.7 Å². The molecule has 0 aromatic heterocycles. The van der Waals surface area contributed by atoms with Gasteiger partial charge in [0, 0.05) is 6.54 Å². The van der Waals surface area contributed by atoms with E-state index in [0.29, 0.717) is 24.7 Å². The van der Waals surface area contributed by atoms with Crippen LogP contribution < -0.4 is 20.1 Å². The van der Waals surface area contributed by atoms with E-state index in [1.54, 1.807) is 6.07 Å². The van der Waals surface area contributed by atoms with Crippen molar-refractivity contribution in [3.8, 4) is 11.5 Å². The number of amides is 3. The van der Waals surface area contributed by atoms with Crippen LogP contribution in [-0.2, 0) is 16.1 Å². The number of methoxy groups -OCH3 is 1. The van der Waals surface area contributed by atoms with Gasteiger partial charge in [-0.2, -0.15) is 0 Å². The second-order valence-corrected chi connectivity index (χ2v) is 6.87. The summed E-state index contributed by atoms with van der Waals surface area (Å²) in [6, 6.07) is 13.6. The fourth-order valence-electron chi connectivity index (χ4n) is 2.37. The van der Waals surface area contributed by atoms with Crippen LogP contribution in [0.25, 0.3) is 0 Å². The van der Waals surface area contributed by atoms with E-state index < -0.39 is 24.5 Å². The number of carbonyl (C=O) groups excluding carboxylic acids is 3. The number of carbonyl (C=O) groups is 3. The molecule has 0 aliphatic carbocycles. The maximum Gasteiger partial charge on any atom is 0.338 e. The number of hydrogen-bond acceptors (Lipinski definition) is 6. The molecular formula is C22H26N2O6. The second-order valence-electron chi connectivity index (χ2n) is 6.87. The minimum atomic E-state index is -0.723. The van der Waals surface area contributed by atoms with Crippen molar-refractivity contribution in [2.24, 2.45) is 5.92 Å². The van der Waals surface area contributed by atoms with E-state index in [1.807, 2.05) is 44.2 Å². The molecule has 2 aromatic carbocycles. The van der Waals surface area contributed by atoms with Gasteiger partial charge in [0.1, 0.15) is 6.61 Å². The van der Waals surface area contributed by atoms with Crippen molar-refractivity contribution < 1.29 is 28.6 Å². The molecule has 2 aromatic rings. The van der Waals surface area contributed by atoms with Crippen molar-refractivity contribution in [2.45, 2.75) is 20.5 Å². The first-order valence-corrected chi connectivity index (χ1v) is 9.48. The highest BCUT2D eigenvalue weighted by atomic mass is 16.5. The molecule has 2 N–H and O–H groups in total. The van der Waals surface area contributed by atoms with Gasteiger partial charge in [0.05, 0.1) is 12.7 Å². The molecule has 0 radical (unpaired) electrons. The molecule has 0 saturated carbocycles. The predicted octanol–water partition coefficient (Wildman–Crippen LogP) is 2.91. The van der Waals surface area contributed by atoms with Crippen molar-refractivity contribution in [1.29, 1.82) is 0 Å². The van der Waals surface area contributed by atoms with Gasteiger partial charge in [-0.25, -0.2) is 9.59 Å². The quantitative estimate of drug-likeness (QED) is 0.612. The Bertz CT molecular complexity index is 867. The van der Waals surface area contributed by atoms with E-state index in [4.69, 9.17) is 14.2 Å². The third-order valence-electron chi connectivity index (χ3n) is 3.89. The number of rotatable bonds is 9. The highest BCUT2D eigenvalue weighted by Crippen LogP contribution is 2.29. The zero-order valence-corrected chi connectivity index (χ0v) is 17.3. The smallest absolute Gasteiger partial charge is 0.338 e. The molecule has 0 bridgehead atoms. The van der Waals surface area contributed by atoms with Gasteiger partial charge < -0.3 is 19.5 Å². The van der Waals surface area contributed by atoms with Crippen LogP contribution in [0.15, 0.2) is 48.5 Å². The Morgan fingerprint density at radius 3 is 2.40 bits per heavy atom. The summed E-state index contributed by atoms with van der Waals surface area (Å²) in [5, 5.41) is 4.63. The summed E-state index contributed by atoms with van der Waals surface area (Å²) < 4.78 is 16.0. The van der Waals surface area contributed by atoms with E-state index in [2.05, 4.69) is 10.6 Å². The number of imide groups is 1. The topological polar surface area (TPSA) is 103 Å². The van der Waals surface area contributed by atoms with Crippen molar-refractivity contribution >= 4 is 17.9 Å². The number of urea groups is 1. The number of nitrogens with one attached hydrogen (secondary N) is 2. The lowest BCUT2D eigenvalue weighted by atomic mass is 10.2. The molecule has 8 nitrogen and oxygen atoms in total. The molecule has 0 atom stereocenters. The average molecular weight is 414 g/mol. The highest BCUT2D eigenvalue weighted by Gasteiger charge is 2.15. The zero-order valence-electron chi connectivity index (χ0n) is 17.3. The Morgan fingerprint density at radius 2 is 1.73 bits per heavy atom. The van der Waals surface area contributed by atoms with Crippen molar-refractivity contribution in [3.05, 3.63) is 59.7 Å². The van der Waals surface area contributed by atoms with Gasteiger partial charge in [-0.3, -0.25) is 10.1 Å². The molecule has 0 aliphatic heterocycles. The lowest BCUT2D eigenvalue weighted by Gasteiger charge is -2.12. The van der Waals surface area contributed by atoms with Crippen LogP contribution in [0, 0.1) is 5.92 Å². The third-order valence-corrected chi connectivity index (χ3v) is 3.89. The Kier molecular flexibility index (Phi) is 8.68. The van der Waals surface area contributed by atoms with Gasteiger partial charge >= 0.3 is 12.0 Å². The lowest BCUT2D eigenvalue weighted by Crippen LogP contribution is -2.42. The van der Waals surface area contributed by atoms with E-state index in [-0.39, 0.29) is 11.5 Å². The maximum atomic E-state index is 12.2.